The Morgan fingerprint density at radius 2 is 1.79 bits per heavy atom. The van der Waals surface area contributed by atoms with Crippen molar-refractivity contribution in [3.8, 4) is 5.69 Å². The highest BCUT2D eigenvalue weighted by Gasteiger charge is 2.21. The Morgan fingerprint density at radius 1 is 1.04 bits per heavy atom. The van der Waals surface area contributed by atoms with Crippen LogP contribution in [0.5, 0.6) is 0 Å². The summed E-state index contributed by atoms with van der Waals surface area (Å²) in [6.45, 7) is 6.28. The number of carbonyl (C=O) groups excluding carboxylic acids is 1. The first-order valence-corrected chi connectivity index (χ1v) is 10.5. The van der Waals surface area contributed by atoms with Crippen LogP contribution in [0, 0.1) is 6.92 Å². The van der Waals surface area contributed by atoms with E-state index >= 15 is 0 Å². The lowest BCUT2D eigenvalue weighted by Crippen LogP contribution is -2.42. The van der Waals surface area contributed by atoms with Gasteiger partial charge in [0.2, 0.25) is 5.91 Å². The molecule has 4 rings (SSSR count). The quantitative estimate of drug-likeness (QED) is 0.815. The third-order valence-corrected chi connectivity index (χ3v) is 5.86. The number of rotatable bonds is 4. The first-order valence-electron chi connectivity index (χ1n) is 10.5. The van der Waals surface area contributed by atoms with Gasteiger partial charge in [-0.25, -0.2) is 4.68 Å². The van der Waals surface area contributed by atoms with Gasteiger partial charge in [0, 0.05) is 37.9 Å². The largest absolute Gasteiger partial charge is 0.342 e. The minimum absolute atomic E-state index is 0.297. The molecule has 0 aliphatic carbocycles. The second kappa shape index (κ2) is 8.74. The molecule has 3 heterocycles. The minimum Gasteiger partial charge on any atom is -0.342 e. The Hall–Kier alpha value is -2.40. The van der Waals surface area contributed by atoms with Crippen LogP contribution in [0.2, 0.25) is 0 Å². The zero-order valence-electron chi connectivity index (χ0n) is 16.8. The van der Waals surface area contributed by atoms with Gasteiger partial charge in [-0.15, -0.1) is 0 Å². The van der Waals surface area contributed by atoms with Gasteiger partial charge >= 0.3 is 0 Å². The number of amides is 1. The van der Waals surface area contributed by atoms with Crippen molar-refractivity contribution in [1.82, 2.24) is 19.6 Å². The zero-order chi connectivity index (χ0) is 19.3. The highest BCUT2D eigenvalue weighted by Crippen LogP contribution is 2.23. The van der Waals surface area contributed by atoms with Gasteiger partial charge in [0.15, 0.2) is 0 Å². The summed E-state index contributed by atoms with van der Waals surface area (Å²) in [7, 11) is 0. The summed E-state index contributed by atoms with van der Waals surface area (Å²) in [5, 5.41) is 4.53. The summed E-state index contributed by atoms with van der Waals surface area (Å²) >= 11 is 0. The van der Waals surface area contributed by atoms with E-state index in [1.807, 2.05) is 10.9 Å². The molecule has 1 amide bonds. The Labute approximate surface area is 167 Å². The van der Waals surface area contributed by atoms with E-state index in [0.29, 0.717) is 12.5 Å². The van der Waals surface area contributed by atoms with Crippen LogP contribution in [-0.2, 0) is 4.79 Å². The Balaban J connectivity index is 1.35. The Kier molecular flexibility index (Phi) is 5.91. The van der Waals surface area contributed by atoms with Gasteiger partial charge in [-0.05, 0) is 43.9 Å². The molecule has 148 valence electrons. The molecule has 1 aromatic heterocycles. The first kappa shape index (κ1) is 18.9. The van der Waals surface area contributed by atoms with Gasteiger partial charge in [0.05, 0.1) is 18.4 Å². The topological polar surface area (TPSA) is 41.4 Å². The van der Waals surface area contributed by atoms with Crippen molar-refractivity contribution >= 4 is 11.5 Å². The molecule has 2 aliphatic rings. The van der Waals surface area contributed by atoms with E-state index in [-0.39, 0.29) is 0 Å². The maximum Gasteiger partial charge on any atom is 0.236 e. The SMILES string of the molecule is Cc1ccc(-n2cc(C3=CCN(CC(=O)N4CCCCCC4)CC3)cn2)cc1. The predicted molar refractivity (Wildman–Crippen MR) is 112 cm³/mol. The molecule has 2 aromatic rings. The van der Waals surface area contributed by atoms with Gasteiger partial charge in [-0.1, -0.05) is 36.6 Å². The standard InChI is InChI=1S/C23H30N4O/c1-19-6-8-22(9-7-19)27-17-21(16-24-27)20-10-14-25(15-11-20)18-23(28)26-12-4-2-3-5-13-26/h6-10,16-17H,2-5,11-15,18H2,1H3. The van der Waals surface area contributed by atoms with E-state index < -0.39 is 0 Å². The molecule has 5 nitrogen and oxygen atoms in total. The summed E-state index contributed by atoms with van der Waals surface area (Å²) in [4.78, 5) is 16.9. The number of benzene rings is 1. The average molecular weight is 379 g/mol. The van der Waals surface area contributed by atoms with E-state index in [1.54, 1.807) is 0 Å². The van der Waals surface area contributed by atoms with E-state index in [0.717, 1.165) is 51.1 Å². The molecule has 1 aromatic carbocycles. The lowest BCUT2D eigenvalue weighted by molar-refractivity contribution is -0.132. The van der Waals surface area contributed by atoms with Crippen LogP contribution >= 0.6 is 0 Å². The van der Waals surface area contributed by atoms with Crippen LogP contribution in [0.15, 0.2) is 42.7 Å². The second-order valence-electron chi connectivity index (χ2n) is 8.02. The third kappa shape index (κ3) is 4.53. The first-order chi connectivity index (χ1) is 13.7. The Morgan fingerprint density at radius 3 is 2.46 bits per heavy atom. The smallest absolute Gasteiger partial charge is 0.236 e. The molecule has 0 saturated carbocycles. The van der Waals surface area contributed by atoms with Crippen molar-refractivity contribution in [2.45, 2.75) is 39.0 Å². The summed E-state index contributed by atoms with van der Waals surface area (Å²) < 4.78 is 1.94. The lowest BCUT2D eigenvalue weighted by atomic mass is 10.0. The molecule has 1 saturated heterocycles. The maximum absolute atomic E-state index is 12.6. The second-order valence-corrected chi connectivity index (χ2v) is 8.02. The molecule has 0 spiro atoms. The number of carbonyl (C=O) groups is 1. The minimum atomic E-state index is 0.297. The summed E-state index contributed by atoms with van der Waals surface area (Å²) in [5.74, 6) is 0.297. The van der Waals surface area contributed by atoms with Crippen LogP contribution in [-0.4, -0.2) is 58.2 Å². The van der Waals surface area contributed by atoms with Crippen LogP contribution in [0.4, 0.5) is 0 Å². The van der Waals surface area contributed by atoms with Gasteiger partial charge in [-0.2, -0.15) is 5.10 Å². The number of nitrogens with zero attached hydrogens (tertiary/aromatic N) is 4. The highest BCUT2D eigenvalue weighted by molar-refractivity contribution is 5.78. The van der Waals surface area contributed by atoms with Crippen LogP contribution in [0.1, 0.15) is 43.2 Å². The van der Waals surface area contributed by atoms with Crippen molar-refractivity contribution in [2.24, 2.45) is 0 Å². The molecule has 0 N–H and O–H groups in total. The summed E-state index contributed by atoms with van der Waals surface area (Å²) in [6.07, 6.45) is 12.1. The highest BCUT2D eigenvalue weighted by atomic mass is 16.2. The van der Waals surface area contributed by atoms with Crippen molar-refractivity contribution in [2.75, 3.05) is 32.7 Å². The van der Waals surface area contributed by atoms with Gasteiger partial charge in [0.1, 0.15) is 0 Å². The van der Waals surface area contributed by atoms with Gasteiger partial charge in [-0.3, -0.25) is 9.69 Å². The summed E-state index contributed by atoms with van der Waals surface area (Å²) in [5.41, 5.74) is 4.84. The van der Waals surface area contributed by atoms with Crippen LogP contribution < -0.4 is 0 Å². The van der Waals surface area contributed by atoms with E-state index in [4.69, 9.17) is 0 Å². The molecule has 1 fully saturated rings. The van der Waals surface area contributed by atoms with Gasteiger partial charge in [0.25, 0.3) is 0 Å². The van der Waals surface area contributed by atoms with Crippen molar-refractivity contribution in [1.29, 1.82) is 0 Å². The third-order valence-electron chi connectivity index (χ3n) is 5.86. The normalized spacial score (nSPS) is 18.6. The number of aryl methyl sites for hydroxylation is 1. The molecule has 0 bridgehead atoms. The maximum atomic E-state index is 12.6. The van der Waals surface area contributed by atoms with Crippen molar-refractivity contribution < 1.29 is 4.79 Å². The molecular formula is C23H30N4O. The fourth-order valence-corrected chi connectivity index (χ4v) is 4.06. The number of aromatic nitrogens is 2. The van der Waals surface area contributed by atoms with E-state index in [1.165, 1.54) is 29.5 Å². The predicted octanol–water partition coefficient (Wildman–Crippen LogP) is 3.67. The van der Waals surface area contributed by atoms with Gasteiger partial charge < -0.3 is 4.90 Å². The van der Waals surface area contributed by atoms with E-state index in [9.17, 15) is 4.79 Å². The Bertz CT molecular complexity index is 829. The monoisotopic (exact) mass is 378 g/mol. The van der Waals surface area contributed by atoms with Crippen LogP contribution in [0.25, 0.3) is 11.3 Å². The number of hydrogen-bond donors (Lipinski definition) is 0. The molecule has 5 heteroatoms. The lowest BCUT2D eigenvalue weighted by Gasteiger charge is -2.28. The molecule has 0 radical (unpaired) electrons. The molecular weight excluding hydrogens is 348 g/mol. The molecule has 2 aliphatic heterocycles. The zero-order valence-corrected chi connectivity index (χ0v) is 16.8. The molecule has 28 heavy (non-hydrogen) atoms. The van der Waals surface area contributed by atoms with Crippen LogP contribution in [0.3, 0.4) is 0 Å². The summed E-state index contributed by atoms with van der Waals surface area (Å²) in [6, 6.07) is 8.40. The number of likely N-dealkylation sites (tertiary alicyclic amines) is 1. The van der Waals surface area contributed by atoms with Crippen molar-refractivity contribution in [3.63, 3.8) is 0 Å². The molecule has 0 unspecified atom stereocenters. The average Bonchev–Trinajstić information content (AvgIpc) is 3.04. The fraction of sp³-hybridized carbons (Fsp3) is 0.478. The van der Waals surface area contributed by atoms with E-state index in [2.05, 4.69) is 58.4 Å². The number of hydrogen-bond acceptors (Lipinski definition) is 3. The van der Waals surface area contributed by atoms with Crippen molar-refractivity contribution in [3.05, 3.63) is 53.9 Å². The molecule has 0 atom stereocenters. The fourth-order valence-electron chi connectivity index (χ4n) is 4.06.